The van der Waals surface area contributed by atoms with E-state index >= 15 is 0 Å². The molecule has 0 aliphatic carbocycles. The number of aryl methyl sites for hydroxylation is 1. The Labute approximate surface area is 140 Å². The summed E-state index contributed by atoms with van der Waals surface area (Å²) in [6.45, 7) is 6.82. The van der Waals surface area contributed by atoms with Crippen molar-refractivity contribution in [2.24, 2.45) is 0 Å². The van der Waals surface area contributed by atoms with Crippen molar-refractivity contribution in [3.05, 3.63) is 70.7 Å². The van der Waals surface area contributed by atoms with Crippen LogP contribution in [0.3, 0.4) is 0 Å². The van der Waals surface area contributed by atoms with Gasteiger partial charge in [0.1, 0.15) is 5.82 Å². The molecule has 0 amide bonds. The van der Waals surface area contributed by atoms with Crippen molar-refractivity contribution in [2.75, 3.05) is 6.61 Å². The number of nitrogens with zero attached hydrogens (tertiary/aromatic N) is 1. The average molecular weight is 325 g/mol. The fourth-order valence-corrected chi connectivity index (χ4v) is 3.01. The highest BCUT2D eigenvalue weighted by atomic mass is 19.1. The molecule has 0 fully saturated rings. The number of carbonyl (C=O) groups is 1. The molecule has 4 heteroatoms. The van der Waals surface area contributed by atoms with Gasteiger partial charge in [-0.05, 0) is 62.2 Å². The standard InChI is InChI=1S/C20H20FNO2/c1-4-24-20(23)16-8-9-19-18(11-16)13(2)14(3)22(19)12-15-6-5-7-17(21)10-15/h5-11H,4,12H2,1-3H3. The number of rotatable bonds is 4. The topological polar surface area (TPSA) is 31.2 Å². The number of fused-ring (bicyclic) bond motifs is 1. The van der Waals surface area contributed by atoms with E-state index in [1.54, 1.807) is 25.1 Å². The van der Waals surface area contributed by atoms with Crippen molar-refractivity contribution in [1.82, 2.24) is 4.57 Å². The van der Waals surface area contributed by atoms with Crippen LogP contribution >= 0.6 is 0 Å². The van der Waals surface area contributed by atoms with Gasteiger partial charge in [-0.3, -0.25) is 0 Å². The minimum absolute atomic E-state index is 0.233. The summed E-state index contributed by atoms with van der Waals surface area (Å²) in [5.41, 5.74) is 4.71. The van der Waals surface area contributed by atoms with Gasteiger partial charge < -0.3 is 9.30 Å². The molecule has 24 heavy (non-hydrogen) atoms. The Kier molecular flexibility index (Phi) is 4.38. The minimum Gasteiger partial charge on any atom is -0.462 e. The van der Waals surface area contributed by atoms with Crippen molar-refractivity contribution in [1.29, 1.82) is 0 Å². The van der Waals surface area contributed by atoms with Crippen molar-refractivity contribution < 1.29 is 13.9 Å². The lowest BCUT2D eigenvalue weighted by atomic mass is 10.1. The second-order valence-electron chi connectivity index (χ2n) is 5.88. The number of carbonyl (C=O) groups excluding carboxylic acids is 1. The van der Waals surface area contributed by atoms with Crippen LogP contribution in [0, 0.1) is 19.7 Å². The Morgan fingerprint density at radius 1 is 1.17 bits per heavy atom. The summed E-state index contributed by atoms with van der Waals surface area (Å²) in [7, 11) is 0. The summed E-state index contributed by atoms with van der Waals surface area (Å²) >= 11 is 0. The van der Waals surface area contributed by atoms with Crippen molar-refractivity contribution in [2.45, 2.75) is 27.3 Å². The van der Waals surface area contributed by atoms with E-state index in [4.69, 9.17) is 4.74 Å². The molecule has 0 bridgehead atoms. The first-order chi connectivity index (χ1) is 11.5. The largest absolute Gasteiger partial charge is 0.462 e. The van der Waals surface area contributed by atoms with Gasteiger partial charge in [-0.25, -0.2) is 9.18 Å². The lowest BCUT2D eigenvalue weighted by Gasteiger charge is -2.09. The summed E-state index contributed by atoms with van der Waals surface area (Å²) in [4.78, 5) is 11.9. The minimum atomic E-state index is -0.311. The number of benzene rings is 2. The molecule has 1 heterocycles. The molecular weight excluding hydrogens is 305 g/mol. The van der Waals surface area contributed by atoms with Crippen LogP contribution in [0.2, 0.25) is 0 Å². The van der Waals surface area contributed by atoms with Crippen LogP contribution in [0.15, 0.2) is 42.5 Å². The summed E-state index contributed by atoms with van der Waals surface area (Å²) in [5.74, 6) is -0.544. The highest BCUT2D eigenvalue weighted by Gasteiger charge is 2.14. The Bertz CT molecular complexity index is 911. The Morgan fingerprint density at radius 2 is 1.96 bits per heavy atom. The Balaban J connectivity index is 2.06. The Morgan fingerprint density at radius 3 is 2.67 bits per heavy atom. The van der Waals surface area contributed by atoms with Gasteiger partial charge >= 0.3 is 5.97 Å². The highest BCUT2D eigenvalue weighted by Crippen LogP contribution is 2.27. The quantitative estimate of drug-likeness (QED) is 0.655. The zero-order valence-electron chi connectivity index (χ0n) is 14.1. The van der Waals surface area contributed by atoms with Gasteiger partial charge in [0.2, 0.25) is 0 Å². The molecular formula is C20H20FNO2. The number of hydrogen-bond acceptors (Lipinski definition) is 2. The Hall–Kier alpha value is -2.62. The third-order valence-electron chi connectivity index (χ3n) is 4.38. The van der Waals surface area contributed by atoms with Crippen LogP contribution in [-0.4, -0.2) is 17.1 Å². The molecule has 2 aromatic carbocycles. The molecule has 0 aliphatic heterocycles. The van der Waals surface area contributed by atoms with Crippen LogP contribution < -0.4 is 0 Å². The second-order valence-corrected chi connectivity index (χ2v) is 5.88. The van der Waals surface area contributed by atoms with E-state index in [1.165, 1.54) is 6.07 Å². The van der Waals surface area contributed by atoms with E-state index in [0.717, 1.165) is 27.7 Å². The molecule has 0 radical (unpaired) electrons. The van der Waals surface area contributed by atoms with Crippen LogP contribution in [0.5, 0.6) is 0 Å². The van der Waals surface area contributed by atoms with Gasteiger partial charge in [0.05, 0.1) is 12.2 Å². The van der Waals surface area contributed by atoms with E-state index in [1.807, 2.05) is 32.0 Å². The molecule has 3 rings (SSSR count). The molecule has 124 valence electrons. The monoisotopic (exact) mass is 325 g/mol. The van der Waals surface area contributed by atoms with Gasteiger partial charge in [0.25, 0.3) is 0 Å². The SMILES string of the molecule is CCOC(=O)c1ccc2c(c1)c(C)c(C)n2Cc1cccc(F)c1. The first kappa shape index (κ1) is 16.2. The fourth-order valence-electron chi connectivity index (χ4n) is 3.01. The third kappa shape index (κ3) is 2.92. The molecule has 0 saturated carbocycles. The number of esters is 1. The van der Waals surface area contributed by atoms with Crippen LogP contribution in [-0.2, 0) is 11.3 Å². The summed E-state index contributed by atoms with van der Waals surface area (Å²) < 4.78 is 20.7. The number of ether oxygens (including phenoxy) is 1. The first-order valence-corrected chi connectivity index (χ1v) is 8.02. The van der Waals surface area contributed by atoms with Gasteiger partial charge in [0.15, 0.2) is 0 Å². The van der Waals surface area contributed by atoms with E-state index in [-0.39, 0.29) is 11.8 Å². The number of halogens is 1. The van der Waals surface area contributed by atoms with E-state index < -0.39 is 0 Å². The van der Waals surface area contributed by atoms with E-state index in [0.29, 0.717) is 18.7 Å². The molecule has 0 N–H and O–H groups in total. The molecule has 0 unspecified atom stereocenters. The third-order valence-corrected chi connectivity index (χ3v) is 4.38. The molecule has 0 saturated heterocycles. The normalized spacial score (nSPS) is 11.0. The van der Waals surface area contributed by atoms with Gasteiger partial charge in [0, 0.05) is 23.1 Å². The van der Waals surface area contributed by atoms with Gasteiger partial charge in [-0.1, -0.05) is 12.1 Å². The predicted octanol–water partition coefficient (Wildman–Crippen LogP) is 4.62. The second kappa shape index (κ2) is 6.48. The molecule has 0 aliphatic rings. The van der Waals surface area contributed by atoms with Crippen molar-refractivity contribution in [3.63, 3.8) is 0 Å². The lowest BCUT2D eigenvalue weighted by Crippen LogP contribution is -2.05. The summed E-state index contributed by atoms with van der Waals surface area (Å²) in [6, 6.07) is 12.2. The van der Waals surface area contributed by atoms with Crippen LogP contribution in [0.4, 0.5) is 4.39 Å². The highest BCUT2D eigenvalue weighted by molar-refractivity contribution is 5.96. The van der Waals surface area contributed by atoms with Gasteiger partial charge in [-0.2, -0.15) is 0 Å². The van der Waals surface area contributed by atoms with Crippen molar-refractivity contribution >= 4 is 16.9 Å². The van der Waals surface area contributed by atoms with Crippen LogP contribution in [0.1, 0.15) is 34.1 Å². The number of hydrogen-bond donors (Lipinski definition) is 0. The summed E-state index contributed by atoms with van der Waals surface area (Å²) in [6.07, 6.45) is 0. The zero-order chi connectivity index (χ0) is 17.3. The van der Waals surface area contributed by atoms with Crippen LogP contribution in [0.25, 0.3) is 10.9 Å². The maximum Gasteiger partial charge on any atom is 0.338 e. The summed E-state index contributed by atoms with van der Waals surface area (Å²) in [5, 5.41) is 1.02. The lowest BCUT2D eigenvalue weighted by molar-refractivity contribution is 0.0526. The molecule has 1 aromatic heterocycles. The smallest absolute Gasteiger partial charge is 0.338 e. The van der Waals surface area contributed by atoms with E-state index in [9.17, 15) is 9.18 Å². The molecule has 0 spiro atoms. The zero-order valence-corrected chi connectivity index (χ0v) is 14.1. The average Bonchev–Trinajstić information content (AvgIpc) is 2.80. The first-order valence-electron chi connectivity index (χ1n) is 8.02. The van der Waals surface area contributed by atoms with Gasteiger partial charge in [-0.15, -0.1) is 0 Å². The molecule has 3 nitrogen and oxygen atoms in total. The maximum atomic E-state index is 13.4. The maximum absolute atomic E-state index is 13.4. The predicted molar refractivity (Wildman–Crippen MR) is 92.9 cm³/mol. The fraction of sp³-hybridized carbons (Fsp3) is 0.250. The molecule has 0 atom stereocenters. The van der Waals surface area contributed by atoms with Crippen molar-refractivity contribution in [3.8, 4) is 0 Å². The molecule has 3 aromatic rings. The number of aromatic nitrogens is 1. The van der Waals surface area contributed by atoms with E-state index in [2.05, 4.69) is 4.57 Å².